The van der Waals surface area contributed by atoms with Crippen LogP contribution in [-0.4, -0.2) is 15.0 Å². The summed E-state index contributed by atoms with van der Waals surface area (Å²) in [5.41, 5.74) is 1.66. The molecule has 0 saturated carbocycles. The van der Waals surface area contributed by atoms with E-state index in [4.69, 9.17) is 11.6 Å². The van der Waals surface area contributed by atoms with Crippen LogP contribution in [0.5, 0.6) is 0 Å². The molecule has 3 nitrogen and oxygen atoms in total. The molecule has 0 amide bonds. The lowest BCUT2D eigenvalue weighted by molar-refractivity contribution is 1.29. The molecule has 2 aromatic heterocycles. The summed E-state index contributed by atoms with van der Waals surface area (Å²) in [5.74, 6) is 0. The van der Waals surface area contributed by atoms with E-state index < -0.39 is 0 Å². The second-order valence-electron chi connectivity index (χ2n) is 2.31. The molecule has 0 spiro atoms. The average Bonchev–Trinajstić information content (AvgIpc) is 2.57. The summed E-state index contributed by atoms with van der Waals surface area (Å²) in [7, 11) is 0. The smallest absolute Gasteiger partial charge is 0.0927 e. The number of aromatic nitrogens is 3. The summed E-state index contributed by atoms with van der Waals surface area (Å²) in [6, 6.07) is 1.74. The molecule has 0 bridgehead atoms. The van der Waals surface area contributed by atoms with Crippen molar-refractivity contribution in [2.75, 3.05) is 0 Å². The van der Waals surface area contributed by atoms with Crippen LogP contribution in [0.4, 0.5) is 0 Å². The fourth-order valence-corrected chi connectivity index (χ4v) is 1.18. The van der Waals surface area contributed by atoms with Crippen LogP contribution in [0.15, 0.2) is 31.0 Å². The van der Waals surface area contributed by atoms with E-state index in [1.165, 1.54) is 0 Å². The van der Waals surface area contributed by atoms with E-state index in [2.05, 4.69) is 15.0 Å². The van der Waals surface area contributed by atoms with Crippen LogP contribution < -0.4 is 0 Å². The summed E-state index contributed by atoms with van der Waals surface area (Å²) < 4.78 is 0. The van der Waals surface area contributed by atoms with Crippen molar-refractivity contribution in [3.63, 3.8) is 0 Å². The van der Waals surface area contributed by atoms with E-state index in [0.717, 1.165) is 11.3 Å². The largest absolute Gasteiger partial charge is 0.351 e. The monoisotopic (exact) mass is 179 g/mol. The Hall–Kier alpha value is -1.35. The number of H-pyrrole nitrogens is 1. The molecule has 2 aromatic rings. The minimum atomic E-state index is 0.664. The number of hydrogen-bond acceptors (Lipinski definition) is 2. The number of nitrogens with zero attached hydrogens (tertiary/aromatic N) is 2. The molecular formula is C8H6ClN3. The molecule has 60 valence electrons. The molecule has 0 radical (unpaired) electrons. The summed E-state index contributed by atoms with van der Waals surface area (Å²) in [4.78, 5) is 10.9. The maximum atomic E-state index is 5.92. The zero-order chi connectivity index (χ0) is 8.39. The maximum Gasteiger partial charge on any atom is 0.0927 e. The van der Waals surface area contributed by atoms with E-state index in [1.54, 1.807) is 31.0 Å². The van der Waals surface area contributed by atoms with Gasteiger partial charge in [0.25, 0.3) is 0 Å². The number of imidazole rings is 1. The highest BCUT2D eigenvalue weighted by molar-refractivity contribution is 6.33. The first-order valence-electron chi connectivity index (χ1n) is 3.46. The third-order valence-electron chi connectivity index (χ3n) is 1.54. The van der Waals surface area contributed by atoms with Gasteiger partial charge in [-0.15, -0.1) is 0 Å². The highest BCUT2D eigenvalue weighted by Gasteiger charge is 2.03. The fourth-order valence-electron chi connectivity index (χ4n) is 0.974. The van der Waals surface area contributed by atoms with Crippen LogP contribution >= 0.6 is 11.6 Å². The zero-order valence-electron chi connectivity index (χ0n) is 6.16. The van der Waals surface area contributed by atoms with Crippen LogP contribution in [0.25, 0.3) is 11.3 Å². The third kappa shape index (κ3) is 1.19. The van der Waals surface area contributed by atoms with Gasteiger partial charge in [-0.25, -0.2) is 4.98 Å². The summed E-state index contributed by atoms with van der Waals surface area (Å²) in [6.07, 6.45) is 6.73. The lowest BCUT2D eigenvalue weighted by Crippen LogP contribution is -1.80. The van der Waals surface area contributed by atoms with Crippen LogP contribution in [-0.2, 0) is 0 Å². The van der Waals surface area contributed by atoms with Gasteiger partial charge >= 0.3 is 0 Å². The van der Waals surface area contributed by atoms with Gasteiger partial charge in [-0.3, -0.25) is 4.98 Å². The molecular weight excluding hydrogens is 174 g/mol. The summed E-state index contributed by atoms with van der Waals surface area (Å²) >= 11 is 5.92. The van der Waals surface area contributed by atoms with E-state index in [1.807, 2.05) is 0 Å². The van der Waals surface area contributed by atoms with Gasteiger partial charge in [0.1, 0.15) is 0 Å². The first-order valence-corrected chi connectivity index (χ1v) is 3.84. The summed E-state index contributed by atoms with van der Waals surface area (Å²) in [6.45, 7) is 0. The first-order chi connectivity index (χ1) is 5.88. The van der Waals surface area contributed by atoms with Crippen molar-refractivity contribution in [1.82, 2.24) is 15.0 Å². The molecule has 4 heteroatoms. The Balaban J connectivity index is 2.55. The third-order valence-corrected chi connectivity index (χ3v) is 1.87. The van der Waals surface area contributed by atoms with Gasteiger partial charge in [-0.05, 0) is 6.07 Å². The molecule has 1 N–H and O–H groups in total. The lowest BCUT2D eigenvalue weighted by Gasteiger charge is -1.96. The normalized spacial score (nSPS) is 10.1. The Labute approximate surface area is 74.4 Å². The van der Waals surface area contributed by atoms with Crippen molar-refractivity contribution >= 4 is 11.6 Å². The number of rotatable bonds is 1. The Morgan fingerprint density at radius 3 is 3.00 bits per heavy atom. The van der Waals surface area contributed by atoms with Crippen LogP contribution in [0.2, 0.25) is 5.02 Å². The topological polar surface area (TPSA) is 41.6 Å². The zero-order valence-corrected chi connectivity index (χ0v) is 6.92. The van der Waals surface area contributed by atoms with Crippen LogP contribution in [0.3, 0.4) is 0 Å². The first kappa shape index (κ1) is 7.31. The highest BCUT2D eigenvalue weighted by atomic mass is 35.5. The quantitative estimate of drug-likeness (QED) is 0.729. The minimum Gasteiger partial charge on any atom is -0.351 e. The summed E-state index contributed by atoms with van der Waals surface area (Å²) in [5, 5.41) is 0.664. The number of hydrogen-bond donors (Lipinski definition) is 1. The van der Waals surface area contributed by atoms with Crippen molar-refractivity contribution < 1.29 is 0 Å². The van der Waals surface area contributed by atoms with Gasteiger partial charge in [0.15, 0.2) is 0 Å². The van der Waals surface area contributed by atoms with Crippen molar-refractivity contribution in [1.29, 1.82) is 0 Å². The highest BCUT2D eigenvalue weighted by Crippen LogP contribution is 2.23. The fraction of sp³-hybridized carbons (Fsp3) is 0. The average molecular weight is 180 g/mol. The minimum absolute atomic E-state index is 0.664. The second kappa shape index (κ2) is 2.95. The van der Waals surface area contributed by atoms with Crippen LogP contribution in [0.1, 0.15) is 0 Å². The number of nitrogens with one attached hydrogen (secondary N) is 1. The van der Waals surface area contributed by atoms with Gasteiger partial charge in [0, 0.05) is 24.2 Å². The SMILES string of the molecule is Clc1ccncc1-c1c[nH]cn1. The van der Waals surface area contributed by atoms with E-state index in [-0.39, 0.29) is 0 Å². The van der Waals surface area contributed by atoms with Gasteiger partial charge in [0.05, 0.1) is 17.0 Å². The van der Waals surface area contributed by atoms with Crippen molar-refractivity contribution in [3.8, 4) is 11.3 Å². The molecule has 0 fully saturated rings. The maximum absolute atomic E-state index is 5.92. The van der Waals surface area contributed by atoms with E-state index in [9.17, 15) is 0 Å². The standard InChI is InChI=1S/C8H6ClN3/c9-7-1-2-10-3-6(7)8-4-11-5-12-8/h1-5H,(H,11,12). The molecule has 0 aromatic carbocycles. The molecule has 2 rings (SSSR count). The molecule has 0 aliphatic heterocycles. The molecule has 0 aliphatic carbocycles. The van der Waals surface area contributed by atoms with E-state index >= 15 is 0 Å². The predicted molar refractivity (Wildman–Crippen MR) is 46.8 cm³/mol. The Morgan fingerprint density at radius 2 is 2.33 bits per heavy atom. The van der Waals surface area contributed by atoms with Crippen molar-refractivity contribution in [3.05, 3.63) is 36.0 Å². The van der Waals surface area contributed by atoms with Gasteiger partial charge in [-0.1, -0.05) is 11.6 Å². The van der Waals surface area contributed by atoms with E-state index in [0.29, 0.717) is 5.02 Å². The Bertz CT molecular complexity index is 370. The molecule has 0 saturated heterocycles. The Kier molecular flexibility index (Phi) is 1.80. The van der Waals surface area contributed by atoms with Crippen molar-refractivity contribution in [2.24, 2.45) is 0 Å². The van der Waals surface area contributed by atoms with Crippen LogP contribution in [0, 0.1) is 0 Å². The lowest BCUT2D eigenvalue weighted by atomic mass is 10.2. The molecule has 0 unspecified atom stereocenters. The molecule has 12 heavy (non-hydrogen) atoms. The Morgan fingerprint density at radius 1 is 1.42 bits per heavy atom. The second-order valence-corrected chi connectivity index (χ2v) is 2.72. The number of pyridine rings is 1. The molecule has 2 heterocycles. The number of halogens is 1. The molecule has 0 atom stereocenters. The van der Waals surface area contributed by atoms with Gasteiger partial charge < -0.3 is 4.98 Å². The molecule has 0 aliphatic rings. The van der Waals surface area contributed by atoms with Crippen molar-refractivity contribution in [2.45, 2.75) is 0 Å². The van der Waals surface area contributed by atoms with Gasteiger partial charge in [0.2, 0.25) is 0 Å². The predicted octanol–water partition coefficient (Wildman–Crippen LogP) is 2.13. The van der Waals surface area contributed by atoms with Gasteiger partial charge in [-0.2, -0.15) is 0 Å². The number of aromatic amines is 1.